The van der Waals surface area contributed by atoms with E-state index in [1.54, 1.807) is 30.3 Å². The summed E-state index contributed by atoms with van der Waals surface area (Å²) in [5.41, 5.74) is 23.5. The fraction of sp³-hybridized carbons (Fsp3) is 0.481. The number of hydrogen-bond acceptors (Lipinski definition) is 8. The van der Waals surface area contributed by atoms with Gasteiger partial charge in [-0.15, -0.1) is 0 Å². The van der Waals surface area contributed by atoms with E-state index in [1.165, 1.54) is 12.5 Å². The van der Waals surface area contributed by atoms with Crippen LogP contribution in [-0.4, -0.2) is 82.0 Å². The van der Waals surface area contributed by atoms with Gasteiger partial charge in [-0.1, -0.05) is 30.3 Å². The van der Waals surface area contributed by atoms with Crippen molar-refractivity contribution < 1.29 is 24.3 Å². The van der Waals surface area contributed by atoms with Gasteiger partial charge in [-0.3, -0.25) is 19.4 Å². The number of carboxylic acids is 1. The molecule has 15 heteroatoms. The number of aromatic amines is 1. The normalized spacial score (nSPS) is 13.7. The Morgan fingerprint density at radius 2 is 1.55 bits per heavy atom. The summed E-state index contributed by atoms with van der Waals surface area (Å²) in [6.07, 6.45) is 5.10. The molecule has 15 nitrogen and oxygen atoms in total. The molecule has 0 radical (unpaired) electrons. The average molecular weight is 587 g/mol. The van der Waals surface area contributed by atoms with Crippen LogP contribution in [0.2, 0.25) is 0 Å². The predicted molar refractivity (Wildman–Crippen MR) is 157 cm³/mol. The highest BCUT2D eigenvalue weighted by Crippen LogP contribution is 2.08. The molecule has 4 unspecified atom stereocenters. The van der Waals surface area contributed by atoms with Gasteiger partial charge in [0.25, 0.3) is 0 Å². The summed E-state index contributed by atoms with van der Waals surface area (Å²) in [7, 11) is 0. The molecule has 1 aromatic carbocycles. The van der Waals surface area contributed by atoms with E-state index in [1.807, 2.05) is 0 Å². The van der Waals surface area contributed by atoms with Gasteiger partial charge < -0.3 is 49.0 Å². The number of unbranched alkanes of at least 4 members (excludes halogenated alkanes) is 1. The second-order valence-electron chi connectivity index (χ2n) is 9.83. The summed E-state index contributed by atoms with van der Waals surface area (Å²) in [5, 5.41) is 17.6. The molecule has 13 N–H and O–H groups in total. The van der Waals surface area contributed by atoms with Crippen molar-refractivity contribution in [2.75, 3.05) is 13.1 Å². The Balaban J connectivity index is 2.15. The molecular weight excluding hydrogens is 544 g/mol. The number of guanidine groups is 1. The zero-order valence-electron chi connectivity index (χ0n) is 23.5. The molecule has 2 rings (SSSR count). The largest absolute Gasteiger partial charge is 0.480 e. The SMILES string of the molecule is NCCCCC(NC(=O)C(N)CCCN=C(N)N)C(=O)NC(Cc1cnc[nH]1)C(=O)NC(Cc1ccccc1)C(=O)O. The van der Waals surface area contributed by atoms with Gasteiger partial charge in [0, 0.05) is 31.3 Å². The standard InChI is InChI=1S/C27H42N10O5/c28-11-5-4-10-20(35-23(38)19(29)9-6-12-33-27(30)31)24(39)36-21(14-18-15-32-16-34-18)25(40)37-22(26(41)42)13-17-7-2-1-3-8-17/h1-3,7-8,15-16,19-22H,4-6,9-14,28-29H2,(H,32,34)(H,35,38)(H,36,39)(H,37,40)(H,41,42)(H4,30,31,33). The lowest BCUT2D eigenvalue weighted by Gasteiger charge is -2.25. The number of rotatable bonds is 19. The minimum atomic E-state index is -1.24. The van der Waals surface area contributed by atoms with Crippen LogP contribution in [0.1, 0.15) is 43.4 Å². The highest BCUT2D eigenvalue weighted by Gasteiger charge is 2.30. The number of carbonyl (C=O) groups excluding carboxylic acids is 3. The highest BCUT2D eigenvalue weighted by molar-refractivity contribution is 5.94. The molecule has 4 atom stereocenters. The Kier molecular flexibility index (Phi) is 14.5. The van der Waals surface area contributed by atoms with E-state index in [9.17, 15) is 24.3 Å². The summed E-state index contributed by atoms with van der Waals surface area (Å²) in [5.74, 6) is -3.16. The second kappa shape index (κ2) is 18.0. The number of nitrogens with two attached hydrogens (primary N) is 4. The molecule has 0 saturated heterocycles. The van der Waals surface area contributed by atoms with Crippen molar-refractivity contribution in [2.45, 2.75) is 69.1 Å². The maximum absolute atomic E-state index is 13.4. The van der Waals surface area contributed by atoms with Gasteiger partial charge in [0.15, 0.2) is 5.96 Å². The second-order valence-corrected chi connectivity index (χ2v) is 9.83. The minimum absolute atomic E-state index is 0.00300. The number of nitrogens with one attached hydrogen (secondary N) is 4. The van der Waals surface area contributed by atoms with Crippen molar-refractivity contribution in [3.8, 4) is 0 Å². The number of aliphatic imine (C=N–C) groups is 1. The van der Waals surface area contributed by atoms with Gasteiger partial charge in [-0.25, -0.2) is 9.78 Å². The van der Waals surface area contributed by atoms with E-state index in [0.717, 1.165) is 5.56 Å². The third kappa shape index (κ3) is 12.3. The number of H-pyrrole nitrogens is 1. The lowest BCUT2D eigenvalue weighted by molar-refractivity contribution is -0.142. The number of hydrogen-bond donors (Lipinski definition) is 9. The highest BCUT2D eigenvalue weighted by atomic mass is 16.4. The summed E-state index contributed by atoms with van der Waals surface area (Å²) >= 11 is 0. The molecular formula is C27H42N10O5. The predicted octanol–water partition coefficient (Wildman–Crippen LogP) is -1.76. The van der Waals surface area contributed by atoms with E-state index in [-0.39, 0.29) is 31.6 Å². The van der Waals surface area contributed by atoms with Crippen molar-refractivity contribution in [2.24, 2.45) is 27.9 Å². The number of imidazole rings is 1. The van der Waals surface area contributed by atoms with Crippen LogP contribution < -0.4 is 38.9 Å². The van der Waals surface area contributed by atoms with Crippen molar-refractivity contribution in [1.29, 1.82) is 0 Å². The van der Waals surface area contributed by atoms with Crippen LogP contribution in [0.5, 0.6) is 0 Å². The number of benzene rings is 1. The summed E-state index contributed by atoms with van der Waals surface area (Å²) < 4.78 is 0. The van der Waals surface area contributed by atoms with Crippen LogP contribution in [0.25, 0.3) is 0 Å². The number of nitrogens with zero attached hydrogens (tertiary/aromatic N) is 2. The lowest BCUT2D eigenvalue weighted by atomic mass is 10.0. The van der Waals surface area contributed by atoms with E-state index in [0.29, 0.717) is 38.0 Å². The molecule has 0 aliphatic heterocycles. The van der Waals surface area contributed by atoms with Gasteiger partial charge in [0.1, 0.15) is 18.1 Å². The van der Waals surface area contributed by atoms with Crippen LogP contribution in [0.3, 0.4) is 0 Å². The molecule has 2 aromatic rings. The maximum Gasteiger partial charge on any atom is 0.326 e. The van der Waals surface area contributed by atoms with Crippen LogP contribution in [0.15, 0.2) is 47.8 Å². The maximum atomic E-state index is 13.4. The van der Waals surface area contributed by atoms with Gasteiger partial charge in [-0.05, 0) is 44.2 Å². The first kappa shape index (κ1) is 33.7. The molecule has 0 aliphatic carbocycles. The molecule has 0 aliphatic rings. The molecule has 0 fully saturated rings. The molecule has 1 aromatic heterocycles. The number of aliphatic carboxylic acids is 1. The Labute approximate surface area is 244 Å². The van der Waals surface area contributed by atoms with Gasteiger partial charge >= 0.3 is 5.97 Å². The van der Waals surface area contributed by atoms with Crippen molar-refractivity contribution in [1.82, 2.24) is 25.9 Å². The third-order valence-electron chi connectivity index (χ3n) is 6.39. The summed E-state index contributed by atoms with van der Waals surface area (Å²) in [6.45, 7) is 0.700. The van der Waals surface area contributed by atoms with E-state index in [2.05, 4.69) is 30.9 Å². The summed E-state index contributed by atoms with van der Waals surface area (Å²) in [4.78, 5) is 62.2. The Hall–Kier alpha value is -4.50. The number of carbonyl (C=O) groups is 4. The summed E-state index contributed by atoms with van der Waals surface area (Å²) in [6, 6.07) is 4.52. The van der Waals surface area contributed by atoms with Crippen LogP contribution in [0.4, 0.5) is 0 Å². The molecule has 3 amide bonds. The molecule has 1 heterocycles. The first-order valence-corrected chi connectivity index (χ1v) is 13.8. The average Bonchev–Trinajstić information content (AvgIpc) is 3.47. The van der Waals surface area contributed by atoms with Crippen molar-refractivity contribution >= 4 is 29.7 Å². The smallest absolute Gasteiger partial charge is 0.326 e. The molecule has 0 saturated carbocycles. The monoisotopic (exact) mass is 586 g/mol. The number of aromatic nitrogens is 2. The van der Waals surface area contributed by atoms with Gasteiger partial charge in [0.05, 0.1) is 12.4 Å². The zero-order chi connectivity index (χ0) is 30.9. The van der Waals surface area contributed by atoms with Crippen LogP contribution in [0, 0.1) is 0 Å². The first-order chi connectivity index (χ1) is 20.1. The Morgan fingerprint density at radius 1 is 0.881 bits per heavy atom. The molecule has 42 heavy (non-hydrogen) atoms. The molecule has 0 bridgehead atoms. The van der Waals surface area contributed by atoms with Gasteiger partial charge in [-0.2, -0.15) is 0 Å². The molecule has 0 spiro atoms. The Morgan fingerprint density at radius 3 is 2.17 bits per heavy atom. The van der Waals surface area contributed by atoms with Crippen molar-refractivity contribution in [3.05, 3.63) is 54.1 Å². The van der Waals surface area contributed by atoms with E-state index >= 15 is 0 Å². The quantitative estimate of drug-likeness (QED) is 0.0508. The number of amides is 3. The topological polar surface area (TPSA) is 270 Å². The third-order valence-corrected chi connectivity index (χ3v) is 6.39. The van der Waals surface area contributed by atoms with E-state index in [4.69, 9.17) is 22.9 Å². The fourth-order valence-corrected chi connectivity index (χ4v) is 4.11. The van der Waals surface area contributed by atoms with Gasteiger partial charge in [0.2, 0.25) is 17.7 Å². The van der Waals surface area contributed by atoms with Crippen LogP contribution >= 0.6 is 0 Å². The fourth-order valence-electron chi connectivity index (χ4n) is 4.11. The molecule has 230 valence electrons. The zero-order valence-corrected chi connectivity index (χ0v) is 23.5. The number of carboxylic acid groups (broad SMARTS) is 1. The van der Waals surface area contributed by atoms with Crippen LogP contribution in [-0.2, 0) is 32.0 Å². The minimum Gasteiger partial charge on any atom is -0.480 e. The van der Waals surface area contributed by atoms with E-state index < -0.39 is 47.9 Å². The first-order valence-electron chi connectivity index (χ1n) is 13.8. The lowest BCUT2D eigenvalue weighted by Crippen LogP contribution is -2.57. The Bertz CT molecular complexity index is 1160. The van der Waals surface area contributed by atoms with Crippen molar-refractivity contribution in [3.63, 3.8) is 0 Å².